The standard InChI is InChI=1S/C17H23NO2/c1-3-17(19)18-10-4-5-14-15-11-13(20-2)8-6-12(15)7-9-16(14)18/h6,8,11,14,16H,3-5,7,9-10H2,1-2H3. The summed E-state index contributed by atoms with van der Waals surface area (Å²) in [6.07, 6.45) is 5.11. The molecule has 3 nitrogen and oxygen atoms in total. The Balaban J connectivity index is 1.93. The molecule has 1 saturated heterocycles. The molecule has 0 bridgehead atoms. The predicted octanol–water partition coefficient (Wildman–Crippen LogP) is 3.13. The van der Waals surface area contributed by atoms with Crippen LogP contribution >= 0.6 is 0 Å². The molecule has 3 heteroatoms. The molecule has 108 valence electrons. The van der Waals surface area contributed by atoms with Crippen molar-refractivity contribution in [2.45, 2.75) is 51.0 Å². The minimum Gasteiger partial charge on any atom is -0.497 e. The van der Waals surface area contributed by atoms with Gasteiger partial charge >= 0.3 is 0 Å². The Bertz CT molecular complexity index is 512. The second kappa shape index (κ2) is 5.47. The van der Waals surface area contributed by atoms with Crippen LogP contribution in [0.1, 0.15) is 49.7 Å². The molecule has 20 heavy (non-hydrogen) atoms. The monoisotopic (exact) mass is 273 g/mol. The maximum Gasteiger partial charge on any atom is 0.222 e. The zero-order chi connectivity index (χ0) is 14.1. The zero-order valence-electron chi connectivity index (χ0n) is 12.4. The summed E-state index contributed by atoms with van der Waals surface area (Å²) in [5, 5.41) is 0. The summed E-state index contributed by atoms with van der Waals surface area (Å²) in [7, 11) is 1.72. The van der Waals surface area contributed by atoms with Crippen molar-refractivity contribution in [2.24, 2.45) is 0 Å². The molecule has 1 aromatic carbocycles. The highest BCUT2D eigenvalue weighted by Crippen LogP contribution is 2.42. The molecule has 2 atom stereocenters. The molecular formula is C17H23NO2. The van der Waals surface area contributed by atoms with Gasteiger partial charge in [-0.25, -0.2) is 0 Å². The molecule has 0 aromatic heterocycles. The Kier molecular flexibility index (Phi) is 3.68. The maximum atomic E-state index is 12.2. The number of piperidine rings is 1. The topological polar surface area (TPSA) is 29.5 Å². The van der Waals surface area contributed by atoms with E-state index in [1.54, 1.807) is 7.11 Å². The van der Waals surface area contributed by atoms with Crippen LogP contribution in [0, 0.1) is 0 Å². The first kappa shape index (κ1) is 13.5. The summed E-state index contributed by atoms with van der Waals surface area (Å²) < 4.78 is 5.37. The highest BCUT2D eigenvalue weighted by atomic mass is 16.5. The van der Waals surface area contributed by atoms with Crippen LogP contribution in [-0.2, 0) is 11.2 Å². The van der Waals surface area contributed by atoms with Gasteiger partial charge in [-0.3, -0.25) is 4.79 Å². The number of amides is 1. The SMILES string of the molecule is CCC(=O)N1CCCC2c3cc(OC)ccc3CCC21. The molecule has 1 aliphatic carbocycles. The normalized spacial score (nSPS) is 24.8. The van der Waals surface area contributed by atoms with Crippen molar-refractivity contribution >= 4 is 5.91 Å². The van der Waals surface area contributed by atoms with Gasteiger partial charge < -0.3 is 9.64 Å². The van der Waals surface area contributed by atoms with Crippen LogP contribution in [0.15, 0.2) is 18.2 Å². The molecule has 0 spiro atoms. The van der Waals surface area contributed by atoms with Crippen molar-refractivity contribution in [3.05, 3.63) is 29.3 Å². The summed E-state index contributed by atoms with van der Waals surface area (Å²) >= 11 is 0. The molecule has 2 aliphatic rings. The van der Waals surface area contributed by atoms with Gasteiger partial charge in [0.1, 0.15) is 5.75 Å². The molecule has 1 aromatic rings. The molecule has 1 aliphatic heterocycles. The molecule has 0 N–H and O–H groups in total. The molecule has 1 amide bonds. The number of methoxy groups -OCH3 is 1. The second-order valence-electron chi connectivity index (χ2n) is 5.86. The van der Waals surface area contributed by atoms with Gasteiger partial charge in [-0.2, -0.15) is 0 Å². The number of likely N-dealkylation sites (tertiary alicyclic amines) is 1. The number of carbonyl (C=O) groups is 1. The molecule has 2 unspecified atom stereocenters. The summed E-state index contributed by atoms with van der Waals surface area (Å²) in [5.41, 5.74) is 2.85. The number of nitrogens with zero attached hydrogens (tertiary/aromatic N) is 1. The Morgan fingerprint density at radius 1 is 1.40 bits per heavy atom. The highest BCUT2D eigenvalue weighted by Gasteiger charge is 2.37. The third-order valence-electron chi connectivity index (χ3n) is 4.86. The molecule has 3 rings (SSSR count). The van der Waals surface area contributed by atoms with Gasteiger partial charge in [0.2, 0.25) is 5.91 Å². The zero-order valence-corrected chi connectivity index (χ0v) is 12.4. The smallest absolute Gasteiger partial charge is 0.222 e. The Labute approximate surface area is 120 Å². The van der Waals surface area contributed by atoms with Crippen LogP contribution in [0.3, 0.4) is 0 Å². The van der Waals surface area contributed by atoms with Crippen molar-refractivity contribution in [3.8, 4) is 5.75 Å². The van der Waals surface area contributed by atoms with Gasteiger partial charge in [0.05, 0.1) is 7.11 Å². The lowest BCUT2D eigenvalue weighted by Crippen LogP contribution is -2.49. The van der Waals surface area contributed by atoms with E-state index in [1.807, 2.05) is 6.92 Å². The highest BCUT2D eigenvalue weighted by molar-refractivity contribution is 5.76. The molecule has 0 saturated carbocycles. The van der Waals surface area contributed by atoms with E-state index in [9.17, 15) is 4.79 Å². The lowest BCUT2D eigenvalue weighted by atomic mass is 9.74. The Morgan fingerprint density at radius 2 is 2.25 bits per heavy atom. The first-order valence-corrected chi connectivity index (χ1v) is 7.71. The van der Waals surface area contributed by atoms with Crippen molar-refractivity contribution < 1.29 is 9.53 Å². The molecule has 1 heterocycles. The van der Waals surface area contributed by atoms with Crippen LogP contribution in [0.25, 0.3) is 0 Å². The van der Waals surface area contributed by atoms with E-state index in [1.165, 1.54) is 17.5 Å². The fourth-order valence-corrected chi connectivity index (χ4v) is 3.87. The van der Waals surface area contributed by atoms with E-state index < -0.39 is 0 Å². The van der Waals surface area contributed by atoms with Gasteiger partial charge in [-0.1, -0.05) is 13.0 Å². The fourth-order valence-electron chi connectivity index (χ4n) is 3.87. The largest absolute Gasteiger partial charge is 0.497 e. The van der Waals surface area contributed by atoms with Crippen LogP contribution in [-0.4, -0.2) is 30.5 Å². The van der Waals surface area contributed by atoms with Gasteiger partial charge in [0, 0.05) is 24.9 Å². The summed E-state index contributed by atoms with van der Waals surface area (Å²) in [5.74, 6) is 1.74. The fraction of sp³-hybridized carbons (Fsp3) is 0.588. The molecule has 0 radical (unpaired) electrons. The molecule has 1 fully saturated rings. The lowest BCUT2D eigenvalue weighted by Gasteiger charge is -2.45. The maximum absolute atomic E-state index is 12.2. The Morgan fingerprint density at radius 3 is 3.00 bits per heavy atom. The number of benzene rings is 1. The average Bonchev–Trinajstić information content (AvgIpc) is 2.52. The van der Waals surface area contributed by atoms with Crippen LogP contribution in [0.5, 0.6) is 5.75 Å². The van der Waals surface area contributed by atoms with E-state index in [-0.39, 0.29) is 0 Å². The van der Waals surface area contributed by atoms with Crippen molar-refractivity contribution in [2.75, 3.05) is 13.7 Å². The van der Waals surface area contributed by atoms with Crippen LogP contribution in [0.4, 0.5) is 0 Å². The number of rotatable bonds is 2. The van der Waals surface area contributed by atoms with E-state index in [0.717, 1.165) is 31.6 Å². The number of ether oxygens (including phenoxy) is 1. The van der Waals surface area contributed by atoms with E-state index in [2.05, 4.69) is 23.1 Å². The molecular weight excluding hydrogens is 250 g/mol. The van der Waals surface area contributed by atoms with Crippen molar-refractivity contribution in [1.82, 2.24) is 4.90 Å². The third-order valence-corrected chi connectivity index (χ3v) is 4.86. The number of carbonyl (C=O) groups excluding carboxylic acids is 1. The minimum atomic E-state index is 0.311. The van der Waals surface area contributed by atoms with Crippen LogP contribution < -0.4 is 4.74 Å². The minimum absolute atomic E-state index is 0.311. The third kappa shape index (κ3) is 2.19. The second-order valence-corrected chi connectivity index (χ2v) is 5.86. The van der Waals surface area contributed by atoms with Crippen molar-refractivity contribution in [3.63, 3.8) is 0 Å². The van der Waals surface area contributed by atoms with Crippen LogP contribution in [0.2, 0.25) is 0 Å². The van der Waals surface area contributed by atoms with Gasteiger partial charge in [0.15, 0.2) is 0 Å². The van der Waals surface area contributed by atoms with Gasteiger partial charge in [-0.15, -0.1) is 0 Å². The summed E-state index contributed by atoms with van der Waals surface area (Å²) in [4.78, 5) is 14.3. The van der Waals surface area contributed by atoms with Gasteiger partial charge in [0.25, 0.3) is 0 Å². The summed E-state index contributed by atoms with van der Waals surface area (Å²) in [6.45, 7) is 2.90. The first-order valence-electron chi connectivity index (χ1n) is 7.71. The Hall–Kier alpha value is -1.51. The average molecular weight is 273 g/mol. The quantitative estimate of drug-likeness (QED) is 0.828. The number of hydrogen-bond donors (Lipinski definition) is 0. The van der Waals surface area contributed by atoms with Gasteiger partial charge in [-0.05, 0) is 48.9 Å². The number of aryl methyl sites for hydroxylation is 1. The first-order chi connectivity index (χ1) is 9.74. The summed E-state index contributed by atoms with van der Waals surface area (Å²) in [6, 6.07) is 6.84. The predicted molar refractivity (Wildman–Crippen MR) is 79.1 cm³/mol. The van der Waals surface area contributed by atoms with Crippen molar-refractivity contribution in [1.29, 1.82) is 0 Å². The number of hydrogen-bond acceptors (Lipinski definition) is 2. The van der Waals surface area contributed by atoms with E-state index in [4.69, 9.17) is 4.74 Å². The van der Waals surface area contributed by atoms with E-state index >= 15 is 0 Å². The van der Waals surface area contributed by atoms with E-state index in [0.29, 0.717) is 24.3 Å². The number of fused-ring (bicyclic) bond motifs is 3. The lowest BCUT2D eigenvalue weighted by molar-refractivity contribution is -0.135.